The molecule has 0 bridgehead atoms. The Labute approximate surface area is 118 Å². The number of rotatable bonds is 3. The lowest BCUT2D eigenvalue weighted by Crippen LogP contribution is -2.12. The second kappa shape index (κ2) is 5.33. The molecule has 1 aromatic carbocycles. The van der Waals surface area contributed by atoms with Gasteiger partial charge in [-0.05, 0) is 17.5 Å². The molecule has 1 heterocycles. The van der Waals surface area contributed by atoms with Gasteiger partial charge in [0.15, 0.2) is 0 Å². The Bertz CT molecular complexity index is 612. The zero-order valence-electron chi connectivity index (χ0n) is 11.8. The van der Waals surface area contributed by atoms with Gasteiger partial charge in [-0.15, -0.1) is 0 Å². The first-order valence-electron chi connectivity index (χ1n) is 6.34. The Morgan fingerprint density at radius 1 is 1.15 bits per heavy atom. The molecule has 0 aliphatic rings. The predicted molar refractivity (Wildman–Crippen MR) is 76.4 cm³/mol. The van der Waals surface area contributed by atoms with E-state index in [0.717, 1.165) is 11.3 Å². The molecule has 2 rings (SSSR count). The van der Waals surface area contributed by atoms with Crippen molar-refractivity contribution in [3.8, 4) is 11.6 Å². The van der Waals surface area contributed by atoms with E-state index in [4.69, 9.17) is 9.84 Å². The number of carboxylic acid groups (broad SMARTS) is 1. The fraction of sp³-hybridized carbons (Fsp3) is 0.250. The van der Waals surface area contributed by atoms with Crippen LogP contribution in [0.4, 0.5) is 0 Å². The van der Waals surface area contributed by atoms with Crippen LogP contribution in [0.15, 0.2) is 42.6 Å². The SMILES string of the molecule is CC(C)(C)c1ccccc1Oc1ccc(C(=O)O)cn1. The molecule has 0 aliphatic heterocycles. The van der Waals surface area contributed by atoms with Crippen molar-refractivity contribution in [2.45, 2.75) is 26.2 Å². The van der Waals surface area contributed by atoms with Crippen LogP contribution in [0.3, 0.4) is 0 Å². The number of ether oxygens (including phenoxy) is 1. The number of benzene rings is 1. The van der Waals surface area contributed by atoms with Gasteiger partial charge in [-0.2, -0.15) is 0 Å². The Morgan fingerprint density at radius 2 is 1.85 bits per heavy atom. The highest BCUT2D eigenvalue weighted by atomic mass is 16.5. The summed E-state index contributed by atoms with van der Waals surface area (Å²) in [5.74, 6) is 0.112. The van der Waals surface area contributed by atoms with E-state index in [9.17, 15) is 4.79 Å². The standard InChI is InChI=1S/C16H17NO3/c1-16(2,3)12-6-4-5-7-13(12)20-14-9-8-11(10-17-14)15(18)19/h4-10H,1-3H3,(H,18,19). The summed E-state index contributed by atoms with van der Waals surface area (Å²) >= 11 is 0. The van der Waals surface area contributed by atoms with E-state index < -0.39 is 5.97 Å². The molecule has 104 valence electrons. The quantitative estimate of drug-likeness (QED) is 0.920. The molecule has 0 saturated heterocycles. The molecule has 4 nitrogen and oxygen atoms in total. The van der Waals surface area contributed by atoms with Crippen molar-refractivity contribution >= 4 is 5.97 Å². The number of pyridine rings is 1. The van der Waals surface area contributed by atoms with Gasteiger partial charge in [0.2, 0.25) is 5.88 Å². The molecule has 0 amide bonds. The van der Waals surface area contributed by atoms with Crippen LogP contribution in [-0.2, 0) is 5.41 Å². The molecule has 0 aliphatic carbocycles. The fourth-order valence-electron chi connectivity index (χ4n) is 1.86. The van der Waals surface area contributed by atoms with Gasteiger partial charge in [0.25, 0.3) is 0 Å². The van der Waals surface area contributed by atoms with E-state index in [1.54, 1.807) is 6.07 Å². The summed E-state index contributed by atoms with van der Waals surface area (Å²) < 4.78 is 5.77. The Morgan fingerprint density at radius 3 is 2.40 bits per heavy atom. The number of hydrogen-bond donors (Lipinski definition) is 1. The van der Waals surface area contributed by atoms with E-state index in [0.29, 0.717) is 5.88 Å². The predicted octanol–water partition coefficient (Wildman–Crippen LogP) is 3.87. The Kier molecular flexibility index (Phi) is 3.74. The van der Waals surface area contributed by atoms with Crippen molar-refractivity contribution in [3.63, 3.8) is 0 Å². The summed E-state index contributed by atoms with van der Waals surface area (Å²) in [5, 5.41) is 8.84. The summed E-state index contributed by atoms with van der Waals surface area (Å²) in [5.41, 5.74) is 1.17. The van der Waals surface area contributed by atoms with Crippen molar-refractivity contribution in [2.24, 2.45) is 0 Å². The van der Waals surface area contributed by atoms with Crippen LogP contribution < -0.4 is 4.74 Å². The molecule has 0 saturated carbocycles. The molecule has 0 unspecified atom stereocenters. The maximum absolute atomic E-state index is 10.8. The molecule has 20 heavy (non-hydrogen) atoms. The van der Waals surface area contributed by atoms with Crippen molar-refractivity contribution in [1.82, 2.24) is 4.98 Å². The number of aromatic carboxylic acids is 1. The normalized spacial score (nSPS) is 11.2. The van der Waals surface area contributed by atoms with Gasteiger partial charge >= 0.3 is 5.97 Å². The van der Waals surface area contributed by atoms with Crippen molar-refractivity contribution in [3.05, 3.63) is 53.7 Å². The van der Waals surface area contributed by atoms with Gasteiger partial charge in [-0.1, -0.05) is 39.0 Å². The van der Waals surface area contributed by atoms with Gasteiger partial charge in [0.1, 0.15) is 5.75 Å². The third-order valence-electron chi connectivity index (χ3n) is 2.89. The number of nitrogens with zero attached hydrogens (tertiary/aromatic N) is 1. The van der Waals surface area contributed by atoms with Crippen LogP contribution in [0.1, 0.15) is 36.7 Å². The zero-order valence-corrected chi connectivity index (χ0v) is 11.8. The Hall–Kier alpha value is -2.36. The van der Waals surface area contributed by atoms with E-state index >= 15 is 0 Å². The van der Waals surface area contributed by atoms with E-state index in [1.807, 2.05) is 24.3 Å². The number of carbonyl (C=O) groups is 1. The van der Waals surface area contributed by atoms with Gasteiger partial charge in [-0.25, -0.2) is 9.78 Å². The highest BCUT2D eigenvalue weighted by Crippen LogP contribution is 2.33. The third-order valence-corrected chi connectivity index (χ3v) is 2.89. The number of hydrogen-bond acceptors (Lipinski definition) is 3. The zero-order chi connectivity index (χ0) is 14.8. The molecular formula is C16H17NO3. The van der Waals surface area contributed by atoms with E-state index in [-0.39, 0.29) is 11.0 Å². The molecule has 0 atom stereocenters. The molecule has 2 aromatic rings. The molecule has 0 radical (unpaired) electrons. The molecule has 0 fully saturated rings. The highest BCUT2D eigenvalue weighted by Gasteiger charge is 2.19. The summed E-state index contributed by atoms with van der Waals surface area (Å²) in [6.07, 6.45) is 1.29. The molecule has 0 spiro atoms. The Balaban J connectivity index is 2.28. The van der Waals surface area contributed by atoms with E-state index in [1.165, 1.54) is 12.3 Å². The average Bonchev–Trinajstić information content (AvgIpc) is 2.38. The largest absolute Gasteiger partial charge is 0.478 e. The van der Waals surface area contributed by atoms with Crippen LogP contribution in [0.5, 0.6) is 11.6 Å². The molecule has 1 N–H and O–H groups in total. The molecular weight excluding hydrogens is 254 g/mol. The van der Waals surface area contributed by atoms with Gasteiger partial charge in [0.05, 0.1) is 5.56 Å². The smallest absolute Gasteiger partial charge is 0.337 e. The lowest BCUT2D eigenvalue weighted by molar-refractivity contribution is 0.0696. The minimum atomic E-state index is -1.00. The fourth-order valence-corrected chi connectivity index (χ4v) is 1.86. The van der Waals surface area contributed by atoms with Gasteiger partial charge < -0.3 is 9.84 Å². The summed E-state index contributed by atoms with van der Waals surface area (Å²) in [6, 6.07) is 10.8. The maximum Gasteiger partial charge on any atom is 0.337 e. The van der Waals surface area contributed by atoms with E-state index in [2.05, 4.69) is 25.8 Å². The second-order valence-electron chi connectivity index (χ2n) is 5.54. The summed E-state index contributed by atoms with van der Waals surface area (Å²) in [6.45, 7) is 6.32. The first-order valence-corrected chi connectivity index (χ1v) is 6.34. The minimum absolute atomic E-state index is 0.0440. The van der Waals surface area contributed by atoms with Crippen LogP contribution in [0.2, 0.25) is 0 Å². The second-order valence-corrected chi connectivity index (χ2v) is 5.54. The van der Waals surface area contributed by atoms with Crippen molar-refractivity contribution < 1.29 is 14.6 Å². The number of aromatic nitrogens is 1. The number of para-hydroxylation sites is 1. The molecule has 1 aromatic heterocycles. The first-order chi connectivity index (χ1) is 9.38. The minimum Gasteiger partial charge on any atom is -0.478 e. The van der Waals surface area contributed by atoms with Crippen LogP contribution in [0.25, 0.3) is 0 Å². The van der Waals surface area contributed by atoms with Crippen LogP contribution in [0, 0.1) is 0 Å². The third kappa shape index (κ3) is 3.15. The monoisotopic (exact) mass is 271 g/mol. The highest BCUT2D eigenvalue weighted by molar-refractivity contribution is 5.87. The van der Waals surface area contributed by atoms with Gasteiger partial charge in [0, 0.05) is 17.8 Å². The summed E-state index contributed by atoms with van der Waals surface area (Å²) in [7, 11) is 0. The summed E-state index contributed by atoms with van der Waals surface area (Å²) in [4.78, 5) is 14.8. The number of carboxylic acids is 1. The topological polar surface area (TPSA) is 59.4 Å². The van der Waals surface area contributed by atoms with Crippen molar-refractivity contribution in [1.29, 1.82) is 0 Å². The average molecular weight is 271 g/mol. The molecule has 4 heteroatoms. The van der Waals surface area contributed by atoms with Crippen molar-refractivity contribution in [2.75, 3.05) is 0 Å². The maximum atomic E-state index is 10.8. The lowest BCUT2D eigenvalue weighted by Gasteiger charge is -2.22. The van der Waals surface area contributed by atoms with Crippen LogP contribution >= 0.6 is 0 Å². The lowest BCUT2D eigenvalue weighted by atomic mass is 9.86. The van der Waals surface area contributed by atoms with Crippen LogP contribution in [-0.4, -0.2) is 16.1 Å². The first kappa shape index (κ1) is 14.1. The van der Waals surface area contributed by atoms with Gasteiger partial charge in [-0.3, -0.25) is 0 Å².